The summed E-state index contributed by atoms with van der Waals surface area (Å²) in [4.78, 5) is 22.7. The van der Waals surface area contributed by atoms with Gasteiger partial charge in [0.25, 0.3) is 0 Å². The molecular formula is C37H47FN6O3. The van der Waals surface area contributed by atoms with Crippen LogP contribution in [0.1, 0.15) is 89.9 Å². The van der Waals surface area contributed by atoms with Crippen molar-refractivity contribution in [1.29, 1.82) is 0 Å². The lowest BCUT2D eigenvalue weighted by molar-refractivity contribution is -0.171. The van der Waals surface area contributed by atoms with Crippen molar-refractivity contribution in [3.8, 4) is 22.5 Å². The molecule has 2 aromatic heterocycles. The third-order valence-electron chi connectivity index (χ3n) is 8.43. The summed E-state index contributed by atoms with van der Waals surface area (Å²) in [7, 11) is 0. The van der Waals surface area contributed by atoms with Crippen molar-refractivity contribution in [2.75, 3.05) is 18.0 Å². The Labute approximate surface area is 277 Å². The highest BCUT2D eigenvalue weighted by atomic mass is 19.1. The van der Waals surface area contributed by atoms with Gasteiger partial charge in [0.05, 0.1) is 23.9 Å². The van der Waals surface area contributed by atoms with Gasteiger partial charge in [-0.2, -0.15) is 4.80 Å². The molecule has 0 spiro atoms. The van der Waals surface area contributed by atoms with Gasteiger partial charge in [-0.15, -0.1) is 10.2 Å². The van der Waals surface area contributed by atoms with E-state index in [1.165, 1.54) is 16.9 Å². The van der Waals surface area contributed by atoms with E-state index in [9.17, 15) is 9.18 Å². The van der Waals surface area contributed by atoms with Crippen molar-refractivity contribution in [1.82, 2.24) is 25.2 Å². The summed E-state index contributed by atoms with van der Waals surface area (Å²) >= 11 is 0. The minimum absolute atomic E-state index is 0.231. The summed E-state index contributed by atoms with van der Waals surface area (Å²) in [5, 5.41) is 13.0. The first-order valence-corrected chi connectivity index (χ1v) is 16.4. The third kappa shape index (κ3) is 8.22. The molecule has 2 aromatic carbocycles. The van der Waals surface area contributed by atoms with Gasteiger partial charge in [-0.1, -0.05) is 50.2 Å². The van der Waals surface area contributed by atoms with Crippen LogP contribution in [0, 0.1) is 25.1 Å². The Morgan fingerprint density at radius 2 is 1.57 bits per heavy atom. The summed E-state index contributed by atoms with van der Waals surface area (Å²) in [6.45, 7) is 20.2. The maximum absolute atomic E-state index is 13.8. The van der Waals surface area contributed by atoms with Crippen molar-refractivity contribution in [3.63, 3.8) is 0 Å². The number of ether oxygens (including phenoxy) is 2. The van der Waals surface area contributed by atoms with Crippen LogP contribution < -0.4 is 4.90 Å². The largest absolute Gasteiger partial charge is 0.461 e. The van der Waals surface area contributed by atoms with Gasteiger partial charge in [-0.05, 0) is 95.2 Å². The SMILES string of the molecule is Cc1nc(C)c([C@H](OC(C)(C)C)C(=O)OC(C)C)c(N2CCC(C)(C)CC2)c1-c1ccc(-c2nnn(Cc3ccc(F)cc3)n2)cc1. The van der Waals surface area contributed by atoms with Gasteiger partial charge in [0.2, 0.25) is 5.82 Å². The Morgan fingerprint density at radius 3 is 2.17 bits per heavy atom. The topological polar surface area (TPSA) is 95.3 Å². The maximum atomic E-state index is 13.8. The van der Waals surface area contributed by atoms with Crippen molar-refractivity contribution in [2.45, 2.75) is 99.5 Å². The number of halogens is 1. The van der Waals surface area contributed by atoms with E-state index >= 15 is 0 Å². The lowest BCUT2D eigenvalue weighted by Crippen LogP contribution is -2.39. The van der Waals surface area contributed by atoms with E-state index in [-0.39, 0.29) is 17.3 Å². The van der Waals surface area contributed by atoms with Gasteiger partial charge in [0.15, 0.2) is 6.10 Å². The molecule has 0 aliphatic carbocycles. The van der Waals surface area contributed by atoms with E-state index in [2.05, 4.69) is 34.2 Å². The molecular weight excluding hydrogens is 595 g/mol. The van der Waals surface area contributed by atoms with E-state index in [4.69, 9.17) is 14.5 Å². The predicted octanol–water partition coefficient (Wildman–Crippen LogP) is 7.64. The smallest absolute Gasteiger partial charge is 0.340 e. The Hall–Kier alpha value is -4.18. The van der Waals surface area contributed by atoms with Crippen LogP contribution in [0.25, 0.3) is 22.5 Å². The van der Waals surface area contributed by atoms with E-state index < -0.39 is 17.7 Å². The number of carbonyl (C=O) groups excluding carboxylic acids is 1. The number of tetrazole rings is 1. The molecule has 1 aliphatic rings. The van der Waals surface area contributed by atoms with Gasteiger partial charge in [-0.3, -0.25) is 4.98 Å². The first-order chi connectivity index (χ1) is 22.1. The Balaban J connectivity index is 1.58. The number of aryl methyl sites for hydroxylation is 2. The van der Waals surface area contributed by atoms with E-state index in [1.54, 1.807) is 12.1 Å². The molecule has 5 rings (SSSR count). The lowest BCUT2D eigenvalue weighted by atomic mass is 9.81. The molecule has 0 saturated carbocycles. The highest BCUT2D eigenvalue weighted by molar-refractivity contribution is 5.88. The number of esters is 1. The molecule has 0 N–H and O–H groups in total. The van der Waals surface area contributed by atoms with Crippen LogP contribution in [0.5, 0.6) is 0 Å². The van der Waals surface area contributed by atoms with Gasteiger partial charge >= 0.3 is 5.97 Å². The van der Waals surface area contributed by atoms with E-state index in [1.807, 2.05) is 72.7 Å². The van der Waals surface area contributed by atoms with Crippen molar-refractivity contribution >= 4 is 11.7 Å². The highest BCUT2D eigenvalue weighted by Gasteiger charge is 2.37. The number of hydrogen-bond acceptors (Lipinski definition) is 8. The van der Waals surface area contributed by atoms with E-state index in [0.29, 0.717) is 12.4 Å². The molecule has 0 amide bonds. The third-order valence-corrected chi connectivity index (χ3v) is 8.43. The quantitative estimate of drug-likeness (QED) is 0.172. The normalized spacial score (nSPS) is 15.6. The molecule has 10 heteroatoms. The van der Waals surface area contributed by atoms with Crippen molar-refractivity contribution < 1.29 is 18.7 Å². The second-order valence-corrected chi connectivity index (χ2v) is 14.5. The zero-order chi connectivity index (χ0) is 34.1. The van der Waals surface area contributed by atoms with Crippen molar-refractivity contribution in [2.24, 2.45) is 5.41 Å². The average molecular weight is 643 g/mol. The molecule has 250 valence electrons. The molecule has 0 unspecified atom stereocenters. The van der Waals surface area contributed by atoms with Crippen LogP contribution in [-0.4, -0.2) is 56.0 Å². The molecule has 9 nitrogen and oxygen atoms in total. The fourth-order valence-electron chi connectivity index (χ4n) is 6.01. The number of rotatable bonds is 9. The van der Waals surface area contributed by atoms with Crippen LogP contribution in [0.4, 0.5) is 10.1 Å². The molecule has 0 bridgehead atoms. The number of piperidine rings is 1. The highest BCUT2D eigenvalue weighted by Crippen LogP contribution is 2.45. The van der Waals surface area contributed by atoms with Crippen molar-refractivity contribution in [3.05, 3.63) is 76.9 Å². The number of aromatic nitrogens is 5. The minimum atomic E-state index is -0.950. The number of carbonyl (C=O) groups is 1. The van der Waals surface area contributed by atoms with Crippen LogP contribution in [0.3, 0.4) is 0 Å². The molecule has 1 atom stereocenters. The number of nitrogens with zero attached hydrogens (tertiary/aromatic N) is 6. The second kappa shape index (κ2) is 13.5. The van der Waals surface area contributed by atoms with Crippen LogP contribution in [0.2, 0.25) is 0 Å². The monoisotopic (exact) mass is 642 g/mol. The summed E-state index contributed by atoms with van der Waals surface area (Å²) in [5.41, 5.74) is 6.58. The molecule has 1 fully saturated rings. The van der Waals surface area contributed by atoms with Crippen LogP contribution in [0.15, 0.2) is 48.5 Å². The zero-order valence-corrected chi connectivity index (χ0v) is 29.1. The summed E-state index contributed by atoms with van der Waals surface area (Å²) in [6, 6.07) is 14.3. The molecule has 4 aromatic rings. The second-order valence-electron chi connectivity index (χ2n) is 14.5. The molecule has 47 heavy (non-hydrogen) atoms. The fourth-order valence-corrected chi connectivity index (χ4v) is 6.01. The van der Waals surface area contributed by atoms with Gasteiger partial charge in [0.1, 0.15) is 5.82 Å². The lowest BCUT2D eigenvalue weighted by Gasteiger charge is -2.41. The minimum Gasteiger partial charge on any atom is -0.461 e. The van der Waals surface area contributed by atoms with Gasteiger partial charge < -0.3 is 14.4 Å². The zero-order valence-electron chi connectivity index (χ0n) is 29.1. The number of anilines is 1. The predicted molar refractivity (Wildman–Crippen MR) is 181 cm³/mol. The molecule has 0 radical (unpaired) electrons. The van der Waals surface area contributed by atoms with E-state index in [0.717, 1.165) is 70.8 Å². The summed E-state index contributed by atoms with van der Waals surface area (Å²) in [6.07, 6.45) is 0.798. The fraction of sp³-hybridized carbons (Fsp3) is 0.486. The Bertz CT molecular complexity index is 1700. The summed E-state index contributed by atoms with van der Waals surface area (Å²) in [5.74, 6) is -0.211. The Morgan fingerprint density at radius 1 is 0.957 bits per heavy atom. The van der Waals surface area contributed by atoms with Crippen LogP contribution in [-0.2, 0) is 20.8 Å². The standard InChI is InChI=1S/C37H47FN6O3/c1-23(2)46-35(45)33(47-36(5,6)7)31-25(4)39-24(3)30(32(31)43-20-18-37(8,9)19-21-43)27-12-14-28(15-13-27)34-40-42-44(41-34)22-26-10-16-29(38)17-11-26/h10-17,23,33H,18-22H2,1-9H3/t33-/m0/s1. The Kier molecular flexibility index (Phi) is 9.82. The maximum Gasteiger partial charge on any atom is 0.340 e. The van der Waals surface area contributed by atoms with Gasteiger partial charge in [0, 0.05) is 41.2 Å². The molecule has 3 heterocycles. The first kappa shape index (κ1) is 34.2. The van der Waals surface area contributed by atoms with Crippen LogP contribution >= 0.6 is 0 Å². The molecule has 1 aliphatic heterocycles. The number of pyridine rings is 1. The average Bonchev–Trinajstić information content (AvgIpc) is 3.45. The number of benzene rings is 2. The summed E-state index contributed by atoms with van der Waals surface area (Å²) < 4.78 is 25.6. The first-order valence-electron chi connectivity index (χ1n) is 16.4. The molecule has 1 saturated heterocycles. The number of hydrogen-bond donors (Lipinski definition) is 0. The van der Waals surface area contributed by atoms with Gasteiger partial charge in [-0.25, -0.2) is 9.18 Å².